The average Bonchev–Trinajstić information content (AvgIpc) is 3.21. The number of nitrogens with zero attached hydrogens (tertiary/aromatic N) is 4. The van der Waals surface area contributed by atoms with Gasteiger partial charge in [0, 0.05) is 5.92 Å². The molecule has 0 unspecified atom stereocenters. The molecular weight excluding hydrogens is 483 g/mol. The van der Waals surface area contributed by atoms with Crippen LogP contribution in [0.25, 0.3) is 11.5 Å². The molecule has 0 saturated heterocycles. The van der Waals surface area contributed by atoms with Crippen LogP contribution >= 0.6 is 0 Å². The summed E-state index contributed by atoms with van der Waals surface area (Å²) in [6, 6.07) is 3.35. The van der Waals surface area contributed by atoms with Crippen molar-refractivity contribution in [2.45, 2.75) is 38.8 Å². The van der Waals surface area contributed by atoms with Gasteiger partial charge in [0.2, 0.25) is 11.6 Å². The maximum Gasteiger partial charge on any atom is 0.422 e. The van der Waals surface area contributed by atoms with Crippen molar-refractivity contribution in [2.24, 2.45) is 11.8 Å². The van der Waals surface area contributed by atoms with E-state index in [-0.39, 0.29) is 30.0 Å². The summed E-state index contributed by atoms with van der Waals surface area (Å²) >= 11 is 0. The maximum atomic E-state index is 12.4. The first-order valence-electron chi connectivity index (χ1n) is 11.3. The number of nitrogens with one attached hydrogen (secondary N) is 1. The Labute approximate surface area is 203 Å². The fourth-order valence-corrected chi connectivity index (χ4v) is 3.99. The minimum atomic E-state index is -4.50. The second-order valence-electron chi connectivity index (χ2n) is 8.42. The van der Waals surface area contributed by atoms with Crippen molar-refractivity contribution in [2.75, 3.05) is 18.5 Å². The van der Waals surface area contributed by atoms with Crippen molar-refractivity contribution in [1.82, 2.24) is 20.1 Å². The Hall–Kier alpha value is -3.90. The predicted molar refractivity (Wildman–Crippen MR) is 120 cm³/mol. The average molecular weight is 507 g/mol. The lowest BCUT2D eigenvalue weighted by Crippen LogP contribution is -2.31. The van der Waals surface area contributed by atoms with Gasteiger partial charge >= 0.3 is 12.1 Å². The van der Waals surface area contributed by atoms with Crippen LogP contribution < -0.4 is 14.8 Å². The first-order chi connectivity index (χ1) is 17.2. The highest BCUT2D eigenvalue weighted by Crippen LogP contribution is 2.34. The van der Waals surface area contributed by atoms with Gasteiger partial charge in [-0.3, -0.25) is 9.78 Å². The third kappa shape index (κ3) is 6.40. The molecule has 13 heteroatoms. The molecule has 36 heavy (non-hydrogen) atoms. The molecule has 1 fully saturated rings. The van der Waals surface area contributed by atoms with E-state index in [0.717, 1.165) is 25.5 Å². The van der Waals surface area contributed by atoms with Crippen LogP contribution in [0.5, 0.6) is 11.6 Å². The summed E-state index contributed by atoms with van der Waals surface area (Å²) in [5.74, 6) is -0.656. The Kier molecular flexibility index (Phi) is 7.55. The van der Waals surface area contributed by atoms with Gasteiger partial charge in [-0.2, -0.15) is 18.2 Å². The van der Waals surface area contributed by atoms with Crippen molar-refractivity contribution in [1.29, 1.82) is 0 Å². The molecule has 1 saturated carbocycles. The molecule has 0 aromatic carbocycles. The Morgan fingerprint density at radius 2 is 2.00 bits per heavy atom. The number of carbonyl (C=O) groups is 1. The van der Waals surface area contributed by atoms with Crippen LogP contribution in [0.15, 0.2) is 35.2 Å². The Bertz CT molecular complexity index is 1190. The number of rotatable bonds is 9. The standard InChI is InChI=1S/C23H24F3N5O5/c1-13-20(30-18-9-27-10-19(29-18)35-12-23(24,25)26)21(36-31-13)17-7-6-15(8-28-17)34-11-14-4-2-3-5-16(14)22(32)33/h6-10,14,16H,2-5,11-12H2,1H3,(H,29,30)(H,32,33)/t14-,16+/m1/s1. The number of hydrogen-bond donors (Lipinski definition) is 2. The molecule has 2 N–H and O–H groups in total. The predicted octanol–water partition coefficient (Wildman–Crippen LogP) is 4.79. The van der Waals surface area contributed by atoms with Gasteiger partial charge in [-0.25, -0.2) is 4.98 Å². The molecule has 1 aliphatic carbocycles. The van der Waals surface area contributed by atoms with Crippen LogP contribution in [0.3, 0.4) is 0 Å². The second kappa shape index (κ2) is 10.8. The van der Waals surface area contributed by atoms with E-state index >= 15 is 0 Å². The zero-order valence-corrected chi connectivity index (χ0v) is 19.3. The molecule has 4 rings (SSSR count). The molecule has 10 nitrogen and oxygen atoms in total. The number of ether oxygens (including phenoxy) is 2. The number of aliphatic carboxylic acids is 1. The number of carboxylic acid groups (broad SMARTS) is 1. The van der Waals surface area contributed by atoms with Gasteiger partial charge in [0.1, 0.15) is 22.8 Å². The van der Waals surface area contributed by atoms with E-state index in [4.69, 9.17) is 9.26 Å². The summed E-state index contributed by atoms with van der Waals surface area (Å²) in [5, 5.41) is 16.3. The number of anilines is 2. The molecule has 0 spiro atoms. The maximum absolute atomic E-state index is 12.4. The van der Waals surface area contributed by atoms with Crippen molar-refractivity contribution in [3.8, 4) is 23.1 Å². The summed E-state index contributed by atoms with van der Waals surface area (Å²) in [7, 11) is 0. The number of halogens is 3. The minimum absolute atomic E-state index is 0.0550. The topological polar surface area (TPSA) is 132 Å². The second-order valence-corrected chi connectivity index (χ2v) is 8.42. The van der Waals surface area contributed by atoms with Crippen molar-refractivity contribution in [3.05, 3.63) is 36.4 Å². The van der Waals surface area contributed by atoms with E-state index in [1.165, 1.54) is 12.4 Å². The zero-order chi connectivity index (χ0) is 25.7. The van der Waals surface area contributed by atoms with Crippen molar-refractivity contribution < 1.29 is 37.1 Å². The van der Waals surface area contributed by atoms with E-state index in [1.807, 2.05) is 0 Å². The lowest BCUT2D eigenvalue weighted by atomic mass is 9.80. The lowest BCUT2D eigenvalue weighted by molar-refractivity contribution is -0.154. The Morgan fingerprint density at radius 3 is 2.72 bits per heavy atom. The van der Waals surface area contributed by atoms with Gasteiger partial charge in [-0.15, -0.1) is 0 Å². The van der Waals surface area contributed by atoms with Gasteiger partial charge in [0.05, 0.1) is 31.1 Å². The number of carboxylic acids is 1. The fourth-order valence-electron chi connectivity index (χ4n) is 3.99. The summed E-state index contributed by atoms with van der Waals surface area (Å²) in [5.41, 5.74) is 1.29. The molecular formula is C23H24F3N5O5. The molecule has 3 aromatic rings. The molecule has 1 aliphatic rings. The largest absolute Gasteiger partial charge is 0.492 e. The number of alkyl halides is 3. The van der Waals surface area contributed by atoms with Crippen molar-refractivity contribution >= 4 is 17.5 Å². The quantitative estimate of drug-likeness (QED) is 0.416. The number of pyridine rings is 1. The Balaban J connectivity index is 1.43. The van der Waals surface area contributed by atoms with E-state index in [1.54, 1.807) is 19.1 Å². The smallest absolute Gasteiger partial charge is 0.422 e. The molecule has 2 atom stereocenters. The highest BCUT2D eigenvalue weighted by atomic mass is 19.4. The highest BCUT2D eigenvalue weighted by Gasteiger charge is 2.31. The summed E-state index contributed by atoms with van der Waals surface area (Å²) in [6.07, 6.45) is 2.75. The zero-order valence-electron chi connectivity index (χ0n) is 19.3. The third-order valence-corrected chi connectivity index (χ3v) is 5.77. The van der Waals surface area contributed by atoms with Crippen LogP contribution in [-0.2, 0) is 4.79 Å². The van der Waals surface area contributed by atoms with Crippen LogP contribution in [0.4, 0.5) is 24.7 Å². The third-order valence-electron chi connectivity index (χ3n) is 5.77. The monoisotopic (exact) mass is 507 g/mol. The SMILES string of the molecule is Cc1noc(-c2ccc(OC[C@H]3CCCC[C@@H]3C(=O)O)cn2)c1Nc1cncc(OCC(F)(F)F)n1. The summed E-state index contributed by atoms with van der Waals surface area (Å²) < 4.78 is 53.1. The minimum Gasteiger partial charge on any atom is -0.492 e. The molecule has 0 aliphatic heterocycles. The van der Waals surface area contributed by atoms with E-state index in [0.29, 0.717) is 29.2 Å². The van der Waals surface area contributed by atoms with E-state index < -0.39 is 24.7 Å². The highest BCUT2D eigenvalue weighted by molar-refractivity contribution is 5.75. The van der Waals surface area contributed by atoms with Crippen molar-refractivity contribution in [3.63, 3.8) is 0 Å². The summed E-state index contributed by atoms with van der Waals surface area (Å²) in [6.45, 7) is 0.476. The first kappa shape index (κ1) is 25.2. The number of hydrogen-bond acceptors (Lipinski definition) is 9. The molecule has 192 valence electrons. The van der Waals surface area contributed by atoms with Gasteiger partial charge < -0.3 is 24.4 Å². The molecule has 3 aromatic heterocycles. The van der Waals surface area contributed by atoms with Gasteiger partial charge in [-0.1, -0.05) is 18.0 Å². The first-order valence-corrected chi connectivity index (χ1v) is 11.3. The van der Waals surface area contributed by atoms with Gasteiger partial charge in [-0.05, 0) is 31.9 Å². The summed E-state index contributed by atoms with van der Waals surface area (Å²) in [4.78, 5) is 23.7. The van der Waals surface area contributed by atoms with Crippen LogP contribution in [-0.4, -0.2) is 50.6 Å². The van der Waals surface area contributed by atoms with Crippen LogP contribution in [0, 0.1) is 18.8 Å². The van der Waals surface area contributed by atoms with Gasteiger partial charge in [0.15, 0.2) is 12.4 Å². The van der Waals surface area contributed by atoms with E-state index in [9.17, 15) is 23.1 Å². The lowest BCUT2D eigenvalue weighted by Gasteiger charge is -2.28. The van der Waals surface area contributed by atoms with Gasteiger partial charge in [0.25, 0.3) is 0 Å². The number of aryl methyl sites for hydroxylation is 1. The Morgan fingerprint density at radius 1 is 1.19 bits per heavy atom. The normalized spacial score (nSPS) is 18.0. The molecule has 0 bridgehead atoms. The molecule has 3 heterocycles. The van der Waals surface area contributed by atoms with Crippen LogP contribution in [0.1, 0.15) is 31.4 Å². The number of aromatic nitrogens is 4. The molecule has 0 amide bonds. The van der Waals surface area contributed by atoms with Crippen LogP contribution in [0.2, 0.25) is 0 Å². The molecule has 0 radical (unpaired) electrons. The fraction of sp³-hybridized carbons (Fsp3) is 0.435. The van der Waals surface area contributed by atoms with E-state index in [2.05, 4.69) is 30.2 Å².